The van der Waals surface area contributed by atoms with E-state index in [9.17, 15) is 14.4 Å². The normalized spacial score (nSPS) is 17.1. The lowest BCUT2D eigenvalue weighted by Gasteiger charge is -2.31. The lowest BCUT2D eigenvalue weighted by Crippen LogP contribution is -2.54. The highest BCUT2D eigenvalue weighted by atomic mass is 31.1. The molecule has 6 nitrogen and oxygen atoms in total. The van der Waals surface area contributed by atoms with Crippen molar-refractivity contribution < 1.29 is 19.1 Å². The average molecular weight is 471 g/mol. The highest BCUT2D eigenvalue weighted by Gasteiger charge is 2.32. The molecule has 2 amide bonds. The van der Waals surface area contributed by atoms with Crippen LogP contribution in [0.3, 0.4) is 0 Å². The largest absolute Gasteiger partial charge is 0.407 e. The first kappa shape index (κ1) is 26.5. The molecule has 0 saturated heterocycles. The number of amides is 2. The van der Waals surface area contributed by atoms with E-state index in [2.05, 4.69) is 16.7 Å². The van der Waals surface area contributed by atoms with Gasteiger partial charge in [0.2, 0.25) is 11.8 Å². The maximum absolute atomic E-state index is 13.2. The van der Waals surface area contributed by atoms with Crippen LogP contribution < -0.4 is 15.4 Å². The number of allylic oxidation sites excluding steroid dienone is 4. The molecule has 1 aromatic rings. The molecule has 7 heteroatoms. The molecular weight excluding hydrogens is 435 g/mol. The third-order valence-electron chi connectivity index (χ3n) is 5.84. The number of ether oxygens (including phenoxy) is 1. The average Bonchev–Trinajstić information content (AvgIpc) is 3.26. The molecular formula is C26H35N2O4P. The summed E-state index contributed by atoms with van der Waals surface area (Å²) in [6, 6.07) is 0.527. The molecule has 1 heterocycles. The van der Waals surface area contributed by atoms with Crippen molar-refractivity contribution in [3.05, 3.63) is 41.5 Å². The Balaban J connectivity index is 2.01. The van der Waals surface area contributed by atoms with Crippen molar-refractivity contribution in [3.8, 4) is 18.3 Å². The number of rotatable bonds is 12. The Bertz CT molecular complexity index is 890. The van der Waals surface area contributed by atoms with Gasteiger partial charge in [0.25, 0.3) is 0 Å². The van der Waals surface area contributed by atoms with Crippen molar-refractivity contribution in [2.75, 3.05) is 0 Å². The van der Waals surface area contributed by atoms with E-state index in [0.717, 1.165) is 44.0 Å². The molecule has 2 N–H and O–H groups in total. The van der Waals surface area contributed by atoms with Crippen LogP contribution in [0, 0.1) is 18.4 Å². The zero-order valence-corrected chi connectivity index (χ0v) is 20.5. The molecule has 33 heavy (non-hydrogen) atoms. The van der Waals surface area contributed by atoms with Gasteiger partial charge in [0.05, 0.1) is 6.04 Å². The van der Waals surface area contributed by atoms with Crippen molar-refractivity contribution in [1.82, 2.24) is 10.6 Å². The summed E-state index contributed by atoms with van der Waals surface area (Å²) in [6.45, 7) is 3.93. The molecule has 3 atom stereocenters. The minimum atomic E-state index is -0.749. The monoisotopic (exact) mass is 470 g/mol. The molecule has 178 valence electrons. The van der Waals surface area contributed by atoms with Crippen LogP contribution in [-0.4, -0.2) is 30.2 Å². The lowest BCUT2D eigenvalue weighted by molar-refractivity contribution is -0.131. The van der Waals surface area contributed by atoms with Crippen LogP contribution in [-0.2, 0) is 20.5 Å². The van der Waals surface area contributed by atoms with Crippen LogP contribution in [0.1, 0.15) is 58.8 Å². The fourth-order valence-corrected chi connectivity index (χ4v) is 5.80. The van der Waals surface area contributed by atoms with Gasteiger partial charge in [-0.3, -0.25) is 9.59 Å². The molecule has 0 radical (unpaired) electrons. The van der Waals surface area contributed by atoms with Gasteiger partial charge in [0, 0.05) is 18.4 Å². The van der Waals surface area contributed by atoms with Crippen molar-refractivity contribution in [3.63, 3.8) is 0 Å². The van der Waals surface area contributed by atoms with Crippen LogP contribution >= 0.6 is 7.53 Å². The van der Waals surface area contributed by atoms with E-state index in [4.69, 9.17) is 11.2 Å². The quantitative estimate of drug-likeness (QED) is 0.264. The van der Waals surface area contributed by atoms with Crippen LogP contribution in [0.15, 0.2) is 41.5 Å². The molecule has 0 aromatic carbocycles. The number of terminal acetylenes is 1. The maximum Gasteiger partial charge on any atom is 0.243 e. The predicted molar refractivity (Wildman–Crippen MR) is 133 cm³/mol. The molecule has 2 unspecified atom stereocenters. The summed E-state index contributed by atoms with van der Waals surface area (Å²) < 4.78 is 5.04. The first-order valence-corrected chi connectivity index (χ1v) is 13.2. The van der Waals surface area contributed by atoms with E-state index in [1.807, 2.05) is 43.7 Å². The van der Waals surface area contributed by atoms with Gasteiger partial charge in [-0.1, -0.05) is 49.5 Å². The van der Waals surface area contributed by atoms with Gasteiger partial charge < -0.3 is 20.2 Å². The minimum Gasteiger partial charge on any atom is -0.407 e. The molecule has 0 aliphatic heterocycles. The molecule has 0 bridgehead atoms. The third kappa shape index (κ3) is 9.32. The predicted octanol–water partition coefficient (Wildman–Crippen LogP) is 4.69. The Morgan fingerprint density at radius 1 is 1.27 bits per heavy atom. The van der Waals surface area contributed by atoms with E-state index in [1.54, 1.807) is 6.07 Å². The number of hydrogen-bond acceptors (Lipinski definition) is 4. The van der Waals surface area contributed by atoms with E-state index in [0.29, 0.717) is 24.8 Å². The second-order valence-electron chi connectivity index (χ2n) is 8.50. The number of nitrogens with one attached hydrogen (secondary N) is 2. The molecule has 1 saturated carbocycles. The zero-order chi connectivity index (χ0) is 24.1. The fourth-order valence-electron chi connectivity index (χ4n) is 4.05. The van der Waals surface area contributed by atoms with Crippen molar-refractivity contribution in [2.24, 2.45) is 5.92 Å². The smallest absolute Gasteiger partial charge is 0.243 e. The molecule has 1 aliphatic carbocycles. The van der Waals surface area contributed by atoms with E-state index >= 15 is 0 Å². The Morgan fingerprint density at radius 3 is 2.70 bits per heavy atom. The van der Waals surface area contributed by atoms with Gasteiger partial charge in [-0.15, -0.1) is 7.53 Å². The molecule has 1 aromatic heterocycles. The second kappa shape index (κ2) is 14.4. The van der Waals surface area contributed by atoms with Crippen LogP contribution in [0.2, 0.25) is 0 Å². The van der Waals surface area contributed by atoms with Gasteiger partial charge in [-0.05, 0) is 50.9 Å². The maximum atomic E-state index is 13.2. The summed E-state index contributed by atoms with van der Waals surface area (Å²) in [5, 5.41) is 5.84. The summed E-state index contributed by atoms with van der Waals surface area (Å²) in [5.41, 5.74) is 1.11. The van der Waals surface area contributed by atoms with E-state index in [1.165, 1.54) is 0 Å². The van der Waals surface area contributed by atoms with Crippen LogP contribution in [0.4, 0.5) is 0 Å². The Morgan fingerprint density at radius 2 is 2.03 bits per heavy atom. The number of hydrogen-bond donors (Lipinski definition) is 2. The third-order valence-corrected chi connectivity index (χ3v) is 7.77. The Kier molecular flexibility index (Phi) is 11.6. The lowest BCUT2D eigenvalue weighted by atomic mass is 9.83. The van der Waals surface area contributed by atoms with Gasteiger partial charge >= 0.3 is 0 Å². The summed E-state index contributed by atoms with van der Waals surface area (Å²) in [4.78, 5) is 37.6. The SMILES string of the molecule is C#COc1ccp(CC(C=O)NC(=O)[C@@H](NC(=O)CC/C(C)=C/C=C\C)C2CCCCC2)c1. The van der Waals surface area contributed by atoms with Crippen LogP contribution in [0.25, 0.3) is 0 Å². The number of carbonyl (C=O) groups excluding carboxylic acids is 3. The topological polar surface area (TPSA) is 84.5 Å². The zero-order valence-electron chi connectivity index (χ0n) is 19.6. The van der Waals surface area contributed by atoms with Gasteiger partial charge in [-0.25, -0.2) is 0 Å². The van der Waals surface area contributed by atoms with E-state index < -0.39 is 19.6 Å². The van der Waals surface area contributed by atoms with Crippen molar-refractivity contribution >= 4 is 25.6 Å². The first-order chi connectivity index (χ1) is 16.0. The summed E-state index contributed by atoms with van der Waals surface area (Å²) in [6.07, 6.45) is 20.4. The second-order valence-corrected chi connectivity index (χ2v) is 10.4. The molecule has 2 rings (SSSR count). The fraction of sp³-hybridized carbons (Fsp3) is 0.500. The first-order valence-electron chi connectivity index (χ1n) is 11.6. The van der Waals surface area contributed by atoms with Crippen LogP contribution in [0.5, 0.6) is 5.75 Å². The van der Waals surface area contributed by atoms with Gasteiger partial charge in [0.15, 0.2) is 0 Å². The highest BCUT2D eigenvalue weighted by Crippen LogP contribution is 2.35. The Labute approximate surface area is 198 Å². The standard InChI is InChI=1S/C26H35N2O4P/c1-4-6-10-20(3)13-14-24(30)28-25(21-11-8-7-9-12-21)26(31)27-22(17-29)18-33-16-15-23(19-33)32-5-2/h2,4,6,10,15-17,19,21-22,25H,7-9,11-14,18H2,1,3H3,(H,27,31)(H,28,30)/b6-4-,20-10+/t22?,25-,33?/m0/s1. The summed E-state index contributed by atoms with van der Waals surface area (Å²) >= 11 is 0. The number of aldehydes is 1. The molecule has 1 aliphatic rings. The van der Waals surface area contributed by atoms with Crippen molar-refractivity contribution in [1.29, 1.82) is 0 Å². The minimum absolute atomic E-state index is 0.0854. The van der Waals surface area contributed by atoms with E-state index in [-0.39, 0.29) is 17.7 Å². The summed E-state index contributed by atoms with van der Waals surface area (Å²) in [7, 11) is -0.749. The van der Waals surface area contributed by atoms with Gasteiger partial charge in [-0.2, -0.15) is 0 Å². The number of carbonyl (C=O) groups is 3. The van der Waals surface area contributed by atoms with Gasteiger partial charge in [0.1, 0.15) is 24.2 Å². The summed E-state index contributed by atoms with van der Waals surface area (Å²) in [5.74, 6) is 4.10. The Hall–Kier alpha value is -2.77. The molecule has 1 fully saturated rings. The van der Waals surface area contributed by atoms with Crippen molar-refractivity contribution in [2.45, 2.75) is 77.0 Å². The molecule has 0 spiro atoms. The highest BCUT2D eigenvalue weighted by molar-refractivity contribution is 7.47.